The molecular weight excluding hydrogens is 440 g/mol. The van der Waals surface area contributed by atoms with E-state index in [-0.39, 0.29) is 23.6 Å². The van der Waals surface area contributed by atoms with E-state index in [4.69, 9.17) is 16.3 Å². The van der Waals surface area contributed by atoms with Crippen molar-refractivity contribution in [3.63, 3.8) is 0 Å². The number of aryl methyl sites for hydroxylation is 1. The summed E-state index contributed by atoms with van der Waals surface area (Å²) >= 11 is 6.13. The van der Waals surface area contributed by atoms with Gasteiger partial charge in [-0.05, 0) is 67.6 Å². The summed E-state index contributed by atoms with van der Waals surface area (Å²) in [6.45, 7) is 2.55. The van der Waals surface area contributed by atoms with Crippen molar-refractivity contribution in [2.45, 2.75) is 38.3 Å². The summed E-state index contributed by atoms with van der Waals surface area (Å²) in [5.74, 6) is -0.0770. The van der Waals surface area contributed by atoms with Crippen molar-refractivity contribution in [2.75, 3.05) is 18.6 Å². The third-order valence-electron chi connectivity index (χ3n) is 7.07. The van der Waals surface area contributed by atoms with E-state index in [9.17, 15) is 9.59 Å². The van der Waals surface area contributed by atoms with Gasteiger partial charge in [0.05, 0.1) is 34.8 Å². The second-order valence-corrected chi connectivity index (χ2v) is 9.42. The fourth-order valence-electron chi connectivity index (χ4n) is 5.16. The predicted molar refractivity (Wildman–Crippen MR) is 128 cm³/mol. The van der Waals surface area contributed by atoms with Gasteiger partial charge in [0, 0.05) is 35.3 Å². The molecule has 0 spiro atoms. The normalized spacial score (nSPS) is 19.8. The molecule has 4 aromatic rings. The van der Waals surface area contributed by atoms with Gasteiger partial charge in [0.1, 0.15) is 0 Å². The van der Waals surface area contributed by atoms with Gasteiger partial charge in [-0.3, -0.25) is 14.3 Å². The number of amides is 1. The molecule has 0 atom stereocenters. The average Bonchev–Trinajstić information content (AvgIpc) is 3.38. The Morgan fingerprint density at radius 1 is 1.21 bits per heavy atom. The molecule has 1 N–H and O–H groups in total. The number of aromatic nitrogens is 3. The molecule has 168 valence electrons. The van der Waals surface area contributed by atoms with Crippen LogP contribution < -0.4 is 10.5 Å². The third kappa shape index (κ3) is 3.10. The van der Waals surface area contributed by atoms with Gasteiger partial charge in [0.15, 0.2) is 0 Å². The van der Waals surface area contributed by atoms with Crippen molar-refractivity contribution in [1.82, 2.24) is 14.8 Å². The van der Waals surface area contributed by atoms with Gasteiger partial charge in [-0.15, -0.1) is 0 Å². The van der Waals surface area contributed by atoms with Gasteiger partial charge in [-0.2, -0.15) is 5.10 Å². The maximum atomic E-state index is 13.5. The van der Waals surface area contributed by atoms with E-state index >= 15 is 0 Å². The van der Waals surface area contributed by atoms with Crippen molar-refractivity contribution >= 4 is 45.0 Å². The number of benzene rings is 2. The summed E-state index contributed by atoms with van der Waals surface area (Å²) in [4.78, 5) is 31.1. The van der Waals surface area contributed by atoms with Crippen molar-refractivity contribution in [2.24, 2.45) is 0 Å². The Kier molecular flexibility index (Phi) is 4.61. The van der Waals surface area contributed by atoms with Gasteiger partial charge in [-0.25, -0.2) is 0 Å². The van der Waals surface area contributed by atoms with Gasteiger partial charge < -0.3 is 14.6 Å². The lowest BCUT2D eigenvalue weighted by Gasteiger charge is -2.34. The van der Waals surface area contributed by atoms with Crippen molar-refractivity contribution in [3.05, 3.63) is 68.6 Å². The Balaban J connectivity index is 1.46. The molecule has 8 heteroatoms. The summed E-state index contributed by atoms with van der Waals surface area (Å²) in [5, 5.41) is 6.66. The predicted octanol–water partition coefficient (Wildman–Crippen LogP) is 4.39. The standard InChI is InChI=1S/C25H23ClN4O3/c1-13-7-19-21(11-18(13)25(32)29-6-5-14-8-15(26)3-4-22(14)29)28-24(31)20-12-27-30(23(19)20)16-9-17(10-16)33-2/h3-4,7-8,11-12,16-17H,5-6,9-10H2,1-2H3,(H,28,31). The Hall–Kier alpha value is -3.16. The highest BCUT2D eigenvalue weighted by Gasteiger charge is 2.33. The van der Waals surface area contributed by atoms with Gasteiger partial charge in [-0.1, -0.05) is 11.6 Å². The Bertz CT molecular complexity index is 1500. The van der Waals surface area contributed by atoms with Crippen LogP contribution in [0.3, 0.4) is 0 Å². The molecule has 2 aliphatic rings. The molecule has 2 aromatic heterocycles. The Morgan fingerprint density at radius 3 is 2.82 bits per heavy atom. The number of ether oxygens (including phenoxy) is 1. The zero-order valence-corrected chi connectivity index (χ0v) is 19.1. The van der Waals surface area contributed by atoms with E-state index in [0.29, 0.717) is 28.0 Å². The number of nitrogens with one attached hydrogen (secondary N) is 1. The quantitative estimate of drug-likeness (QED) is 0.489. The number of halogens is 1. The summed E-state index contributed by atoms with van der Waals surface area (Å²) < 4.78 is 7.37. The molecule has 2 aromatic carbocycles. The van der Waals surface area contributed by atoms with E-state index in [2.05, 4.69) is 10.1 Å². The minimum Gasteiger partial charge on any atom is -0.381 e. The van der Waals surface area contributed by atoms with Crippen LogP contribution in [-0.2, 0) is 11.2 Å². The molecule has 1 saturated carbocycles. The average molecular weight is 463 g/mol. The molecule has 1 amide bonds. The number of pyridine rings is 1. The molecule has 1 fully saturated rings. The molecule has 0 unspecified atom stereocenters. The fourth-order valence-corrected chi connectivity index (χ4v) is 5.35. The first kappa shape index (κ1) is 20.4. The monoisotopic (exact) mass is 462 g/mol. The van der Waals surface area contributed by atoms with Crippen molar-refractivity contribution in [1.29, 1.82) is 0 Å². The second kappa shape index (κ2) is 7.43. The molecule has 7 nitrogen and oxygen atoms in total. The van der Waals surface area contributed by atoms with Crippen LogP contribution in [0.2, 0.25) is 5.02 Å². The number of hydrogen-bond donors (Lipinski definition) is 1. The van der Waals surface area contributed by atoms with Crippen LogP contribution in [0.4, 0.5) is 5.69 Å². The number of hydrogen-bond acceptors (Lipinski definition) is 4. The number of fused-ring (bicyclic) bond motifs is 4. The van der Waals surface area contributed by atoms with Gasteiger partial charge >= 0.3 is 0 Å². The first-order valence-electron chi connectivity index (χ1n) is 11.1. The van der Waals surface area contributed by atoms with Crippen LogP contribution >= 0.6 is 11.6 Å². The molecule has 6 rings (SSSR count). The largest absolute Gasteiger partial charge is 0.381 e. The van der Waals surface area contributed by atoms with Crippen LogP contribution in [0, 0.1) is 6.92 Å². The lowest BCUT2D eigenvalue weighted by Crippen LogP contribution is -2.33. The first-order chi connectivity index (χ1) is 15.9. The topological polar surface area (TPSA) is 80.2 Å². The van der Waals surface area contributed by atoms with Gasteiger partial charge in [0.2, 0.25) is 0 Å². The van der Waals surface area contributed by atoms with E-state index < -0.39 is 0 Å². The zero-order valence-electron chi connectivity index (χ0n) is 18.4. The maximum absolute atomic E-state index is 13.5. The summed E-state index contributed by atoms with van der Waals surface area (Å²) in [6.07, 6.45) is 4.38. The third-order valence-corrected chi connectivity index (χ3v) is 7.30. The van der Waals surface area contributed by atoms with Crippen LogP contribution in [0.25, 0.3) is 21.8 Å². The van der Waals surface area contributed by atoms with Crippen LogP contribution in [0.5, 0.6) is 0 Å². The minimum atomic E-state index is -0.199. The summed E-state index contributed by atoms with van der Waals surface area (Å²) in [6, 6.07) is 9.62. The number of carbonyl (C=O) groups is 1. The zero-order chi connectivity index (χ0) is 22.9. The maximum Gasteiger partial charge on any atom is 0.259 e. The van der Waals surface area contributed by atoms with E-state index in [1.165, 1.54) is 0 Å². The van der Waals surface area contributed by atoms with Crippen LogP contribution in [0.15, 0.2) is 41.3 Å². The number of aromatic amines is 1. The number of nitrogens with zero attached hydrogens (tertiary/aromatic N) is 3. The fraction of sp³-hybridized carbons (Fsp3) is 0.320. The van der Waals surface area contributed by atoms with Crippen molar-refractivity contribution < 1.29 is 9.53 Å². The number of rotatable bonds is 3. The lowest BCUT2D eigenvalue weighted by atomic mass is 9.89. The highest BCUT2D eigenvalue weighted by atomic mass is 35.5. The van der Waals surface area contributed by atoms with E-state index in [1.54, 1.807) is 24.3 Å². The summed E-state index contributed by atoms with van der Waals surface area (Å²) in [5.41, 5.74) is 4.66. The van der Waals surface area contributed by atoms with Crippen LogP contribution in [0.1, 0.15) is 40.4 Å². The first-order valence-corrected chi connectivity index (χ1v) is 11.5. The highest BCUT2D eigenvalue weighted by Crippen LogP contribution is 2.37. The Labute approximate surface area is 194 Å². The molecular formula is C25H23ClN4O3. The number of methoxy groups -OCH3 is 1. The molecule has 1 aliphatic carbocycles. The summed E-state index contributed by atoms with van der Waals surface area (Å²) in [7, 11) is 1.72. The molecule has 0 bridgehead atoms. The van der Waals surface area contributed by atoms with Crippen molar-refractivity contribution in [3.8, 4) is 0 Å². The molecule has 1 aliphatic heterocycles. The lowest BCUT2D eigenvalue weighted by molar-refractivity contribution is 0.00393. The van der Waals surface area contributed by atoms with E-state index in [0.717, 1.165) is 47.0 Å². The molecule has 3 heterocycles. The molecule has 33 heavy (non-hydrogen) atoms. The highest BCUT2D eigenvalue weighted by molar-refractivity contribution is 6.30. The number of anilines is 1. The molecule has 0 saturated heterocycles. The second-order valence-electron chi connectivity index (χ2n) is 8.98. The van der Waals surface area contributed by atoms with Crippen LogP contribution in [-0.4, -0.2) is 40.4 Å². The smallest absolute Gasteiger partial charge is 0.259 e. The van der Waals surface area contributed by atoms with E-state index in [1.807, 2.05) is 35.9 Å². The number of carbonyl (C=O) groups excluding carboxylic acids is 1. The SMILES string of the molecule is COC1CC(n2ncc3c(=O)[nH]c4cc(C(=O)N5CCc6cc(Cl)ccc65)c(C)cc4c32)C1. The minimum absolute atomic E-state index is 0.0770. The van der Waals surface area contributed by atoms with Gasteiger partial charge in [0.25, 0.3) is 11.5 Å². The number of H-pyrrole nitrogens is 1. The molecule has 0 radical (unpaired) electrons. The Morgan fingerprint density at radius 2 is 2.03 bits per heavy atom.